The highest BCUT2D eigenvalue weighted by atomic mass is 19.1. The molecule has 304 valence electrons. The van der Waals surface area contributed by atoms with Gasteiger partial charge in [-0.1, -0.05) is 86.4 Å². The predicted octanol–water partition coefficient (Wildman–Crippen LogP) is 10.7. The zero-order valence-corrected chi connectivity index (χ0v) is 34.1. The second-order valence-corrected chi connectivity index (χ2v) is 13.4. The van der Waals surface area contributed by atoms with Crippen LogP contribution in [0.3, 0.4) is 0 Å². The zero-order chi connectivity index (χ0) is 44.5. The average molecular weight is 813 g/mol. The number of carbonyl (C=O) groups excluding carboxylic acids is 4. The molecule has 9 heteroatoms. The summed E-state index contributed by atoms with van der Waals surface area (Å²) in [6, 6.07) is 22.5. The first-order valence-corrected chi connectivity index (χ1v) is 18.5. The summed E-state index contributed by atoms with van der Waals surface area (Å²) in [6.07, 6.45) is 11.0. The van der Waals surface area contributed by atoms with E-state index in [4.69, 9.17) is 18.9 Å². The molecule has 4 rings (SSSR count). The number of hydrogen-bond donors (Lipinski definition) is 0. The molecule has 0 amide bonds. The second kappa shape index (κ2) is 22.0. The van der Waals surface area contributed by atoms with Crippen molar-refractivity contribution in [2.45, 2.75) is 27.7 Å². The Labute approximate surface area is 355 Å². The molecule has 0 saturated carbocycles. The van der Waals surface area contributed by atoms with E-state index in [2.05, 4.69) is 50.0 Å². The van der Waals surface area contributed by atoms with Gasteiger partial charge in [0.15, 0.2) is 0 Å². The molecule has 8 nitrogen and oxygen atoms in total. The Morgan fingerprint density at radius 1 is 0.475 bits per heavy atom. The molecule has 0 unspecified atom stereocenters. The fourth-order valence-corrected chi connectivity index (χ4v) is 4.87. The molecule has 0 fully saturated rings. The molecule has 0 bridgehead atoms. The van der Waals surface area contributed by atoms with Gasteiger partial charge in [0.05, 0.1) is 25.0 Å². The van der Waals surface area contributed by atoms with Crippen molar-refractivity contribution in [2.75, 3.05) is 0 Å². The molecular formula is C52H41FO8. The van der Waals surface area contributed by atoms with Crippen LogP contribution in [0.1, 0.15) is 72.2 Å². The first-order valence-electron chi connectivity index (χ1n) is 18.5. The van der Waals surface area contributed by atoms with Crippen LogP contribution in [0.25, 0.3) is 35.4 Å². The summed E-state index contributed by atoms with van der Waals surface area (Å²) >= 11 is 0. The van der Waals surface area contributed by atoms with Gasteiger partial charge in [-0.15, -0.1) is 0 Å². The minimum atomic E-state index is -0.688. The van der Waals surface area contributed by atoms with Crippen LogP contribution in [-0.4, -0.2) is 23.9 Å². The molecule has 0 aliphatic heterocycles. The van der Waals surface area contributed by atoms with Gasteiger partial charge in [0.2, 0.25) is 0 Å². The molecule has 0 aliphatic carbocycles. The third kappa shape index (κ3) is 14.0. The van der Waals surface area contributed by atoms with Gasteiger partial charge in [0, 0.05) is 55.7 Å². The smallest absolute Gasteiger partial charge is 0.337 e. The third-order valence-electron chi connectivity index (χ3n) is 8.13. The number of esters is 4. The number of benzene rings is 4. The monoisotopic (exact) mass is 812 g/mol. The van der Waals surface area contributed by atoms with E-state index in [0.29, 0.717) is 27.8 Å². The van der Waals surface area contributed by atoms with E-state index in [1.165, 1.54) is 44.6 Å². The quantitative estimate of drug-likeness (QED) is 0.0432. The normalized spacial score (nSPS) is 10.7. The van der Waals surface area contributed by atoms with Crippen LogP contribution in [-0.2, 0) is 38.1 Å². The summed E-state index contributed by atoms with van der Waals surface area (Å²) in [4.78, 5) is 47.8. The number of hydrogen-bond acceptors (Lipinski definition) is 8. The highest BCUT2D eigenvalue weighted by Gasteiger charge is 2.18. The van der Waals surface area contributed by atoms with Crippen molar-refractivity contribution < 1.29 is 42.5 Å². The summed E-state index contributed by atoms with van der Waals surface area (Å²) in [5.74, 6) is 9.21. The van der Waals surface area contributed by atoms with Gasteiger partial charge >= 0.3 is 23.9 Å². The standard InChI is InChI=1S/C52H41FO8/c1-34(2)49(54)58-29-25-41-15-11-38(12-16-41)9-10-40-19-22-43(23-20-40)48-46(28-32-61-52(57)37(7)8)45(27-31-60-51(56)36(5)6)44(33-47(48)53)24-21-39-13-17-42(18-14-39)26-30-59-50(55)35(3)4/h11-20,22-23,25-33H,1,3,5,7H2,2,4,6,8H3/b29-25+,30-26+,31-27+,32-28+. The van der Waals surface area contributed by atoms with E-state index >= 15 is 4.39 Å². The summed E-state index contributed by atoms with van der Waals surface area (Å²) in [5, 5.41) is 0. The number of rotatable bonds is 13. The summed E-state index contributed by atoms with van der Waals surface area (Å²) in [7, 11) is 0. The molecule has 0 heterocycles. The Hall–Kier alpha value is -8.27. The lowest BCUT2D eigenvalue weighted by molar-refractivity contribution is -0.134. The van der Waals surface area contributed by atoms with Crippen molar-refractivity contribution in [2.24, 2.45) is 0 Å². The lowest BCUT2D eigenvalue weighted by Gasteiger charge is -2.14. The van der Waals surface area contributed by atoms with E-state index in [1.54, 1.807) is 74.5 Å². The van der Waals surface area contributed by atoms with Gasteiger partial charge in [-0.05, 0) is 117 Å². The molecule has 4 aromatic carbocycles. The molecule has 0 atom stereocenters. The maximum Gasteiger partial charge on any atom is 0.337 e. The Kier molecular flexibility index (Phi) is 16.4. The molecular weight excluding hydrogens is 772 g/mol. The minimum absolute atomic E-state index is 0.139. The molecule has 0 aliphatic rings. The summed E-state index contributed by atoms with van der Waals surface area (Å²) < 4.78 is 37.0. The van der Waals surface area contributed by atoms with E-state index < -0.39 is 29.7 Å². The Bertz CT molecular complexity index is 2650. The van der Waals surface area contributed by atoms with Crippen molar-refractivity contribution in [3.63, 3.8) is 0 Å². The fourth-order valence-electron chi connectivity index (χ4n) is 4.87. The van der Waals surface area contributed by atoms with Crippen molar-refractivity contribution >= 4 is 48.2 Å². The minimum Gasteiger partial charge on any atom is -0.431 e. The summed E-state index contributed by atoms with van der Waals surface area (Å²) in [5.41, 5.74) is 5.81. The molecule has 0 aromatic heterocycles. The lowest BCUT2D eigenvalue weighted by atomic mass is 9.90. The third-order valence-corrected chi connectivity index (χ3v) is 8.13. The van der Waals surface area contributed by atoms with Crippen molar-refractivity contribution in [3.8, 4) is 34.8 Å². The Morgan fingerprint density at radius 2 is 0.803 bits per heavy atom. The van der Waals surface area contributed by atoms with Crippen LogP contribution < -0.4 is 0 Å². The molecule has 0 radical (unpaired) electrons. The van der Waals surface area contributed by atoms with Crippen LogP contribution in [0.4, 0.5) is 4.39 Å². The van der Waals surface area contributed by atoms with Crippen LogP contribution in [0.2, 0.25) is 0 Å². The number of halogens is 1. The average Bonchev–Trinajstić information content (AvgIpc) is 3.23. The van der Waals surface area contributed by atoms with E-state index in [0.717, 1.165) is 29.2 Å². The number of carbonyl (C=O) groups is 4. The van der Waals surface area contributed by atoms with E-state index in [-0.39, 0.29) is 33.4 Å². The van der Waals surface area contributed by atoms with Crippen molar-refractivity contribution in [1.29, 1.82) is 0 Å². The highest BCUT2D eigenvalue weighted by Crippen LogP contribution is 2.34. The molecule has 0 saturated heterocycles. The predicted molar refractivity (Wildman–Crippen MR) is 236 cm³/mol. The number of ether oxygens (including phenoxy) is 4. The van der Waals surface area contributed by atoms with Gasteiger partial charge in [0.25, 0.3) is 0 Å². The maximum absolute atomic E-state index is 16.5. The van der Waals surface area contributed by atoms with E-state index in [1.807, 2.05) is 24.3 Å². The lowest BCUT2D eigenvalue weighted by Crippen LogP contribution is -2.01. The van der Waals surface area contributed by atoms with Gasteiger partial charge in [-0.25, -0.2) is 23.6 Å². The Balaban J connectivity index is 1.74. The fraction of sp³-hybridized carbons (Fsp3) is 0.0769. The van der Waals surface area contributed by atoms with Crippen LogP contribution in [0.15, 0.2) is 153 Å². The topological polar surface area (TPSA) is 105 Å². The summed E-state index contributed by atoms with van der Waals surface area (Å²) in [6.45, 7) is 20.4. The van der Waals surface area contributed by atoms with Crippen molar-refractivity contribution in [1.82, 2.24) is 0 Å². The Morgan fingerprint density at radius 3 is 1.18 bits per heavy atom. The van der Waals surface area contributed by atoms with Crippen molar-refractivity contribution in [3.05, 3.63) is 203 Å². The molecule has 0 spiro atoms. The SMILES string of the molecule is C=C(C)C(=O)O/C=C/c1ccc(C#Cc2ccc(-c3c(F)cc(C#Cc4ccc(/C=C/OC(=O)C(=C)C)cc4)c(/C=C/OC(=O)C(=C)C)c3/C=C/OC(=O)C(=C)C)cc2)cc1. The second-order valence-electron chi connectivity index (χ2n) is 13.4. The molecule has 0 N–H and O–H groups in total. The largest absolute Gasteiger partial charge is 0.431 e. The first-order chi connectivity index (χ1) is 29.1. The van der Waals surface area contributed by atoms with Gasteiger partial charge in [0.1, 0.15) is 5.82 Å². The maximum atomic E-state index is 16.5. The highest BCUT2D eigenvalue weighted by molar-refractivity contribution is 5.90. The van der Waals surface area contributed by atoms with E-state index in [9.17, 15) is 19.2 Å². The van der Waals surface area contributed by atoms with Crippen LogP contribution in [0, 0.1) is 29.5 Å². The molecule has 4 aromatic rings. The van der Waals surface area contributed by atoms with Crippen LogP contribution in [0.5, 0.6) is 0 Å². The van der Waals surface area contributed by atoms with Gasteiger partial charge in [-0.3, -0.25) is 0 Å². The molecule has 61 heavy (non-hydrogen) atoms. The van der Waals surface area contributed by atoms with Crippen LogP contribution >= 0.6 is 0 Å². The van der Waals surface area contributed by atoms with Gasteiger partial charge in [-0.2, -0.15) is 0 Å². The van der Waals surface area contributed by atoms with Gasteiger partial charge < -0.3 is 18.9 Å². The zero-order valence-electron chi connectivity index (χ0n) is 34.1. The first kappa shape index (κ1) is 45.4.